The molecule has 240 valence electrons. The maximum Gasteiger partial charge on any atom is 0.264 e. The minimum absolute atomic E-state index is 0.0691. The molecule has 6 heterocycles. The number of amides is 5. The van der Waals surface area contributed by atoms with Gasteiger partial charge in [-0.2, -0.15) is 0 Å². The van der Waals surface area contributed by atoms with Crippen LogP contribution < -0.4 is 15.5 Å². The number of carbonyl (C=O) groups is 5. The van der Waals surface area contributed by atoms with Gasteiger partial charge in [0.05, 0.1) is 22.3 Å². The molecule has 0 radical (unpaired) electrons. The molecule has 4 aliphatic heterocycles. The number of fused-ring (bicyclic) bond motifs is 2. The first-order valence-electron chi connectivity index (χ1n) is 16.3. The van der Waals surface area contributed by atoms with Crippen LogP contribution in [0.4, 0.5) is 11.5 Å². The van der Waals surface area contributed by atoms with Crippen LogP contribution in [-0.4, -0.2) is 82.0 Å². The van der Waals surface area contributed by atoms with Crippen LogP contribution in [0.2, 0.25) is 0 Å². The largest absolute Gasteiger partial charge is 0.371 e. The third-order valence-corrected chi connectivity index (χ3v) is 9.99. The number of piperidine rings is 2. The summed E-state index contributed by atoms with van der Waals surface area (Å²) >= 11 is 0. The lowest BCUT2D eigenvalue weighted by Crippen LogP contribution is -2.54. The number of imide groups is 2. The summed E-state index contributed by atoms with van der Waals surface area (Å²) in [5.74, 6) is -1.20. The molecule has 7 rings (SSSR count). The lowest BCUT2D eigenvalue weighted by molar-refractivity contribution is -0.136. The van der Waals surface area contributed by atoms with Gasteiger partial charge in [-0.3, -0.25) is 39.1 Å². The van der Waals surface area contributed by atoms with Gasteiger partial charge in [0.15, 0.2) is 0 Å². The Balaban J connectivity index is 0.948. The van der Waals surface area contributed by atoms with Gasteiger partial charge < -0.3 is 15.2 Å². The summed E-state index contributed by atoms with van der Waals surface area (Å²) in [4.78, 5) is 77.3. The Morgan fingerprint density at radius 1 is 1.02 bits per heavy atom. The highest BCUT2D eigenvalue weighted by Crippen LogP contribution is 2.37. The number of anilines is 2. The average Bonchev–Trinajstić information content (AvgIpc) is 3.73. The molecule has 5 amide bonds. The zero-order valence-corrected chi connectivity index (χ0v) is 26.0. The number of rotatable bonds is 8. The maximum atomic E-state index is 13.6. The summed E-state index contributed by atoms with van der Waals surface area (Å²) in [5, 5.41) is 6.24. The fourth-order valence-corrected chi connectivity index (χ4v) is 7.64. The third-order valence-electron chi connectivity index (χ3n) is 9.99. The molecular formula is C34H39N7O5. The van der Waals surface area contributed by atoms with Crippen molar-refractivity contribution in [1.29, 1.82) is 0 Å². The van der Waals surface area contributed by atoms with Crippen molar-refractivity contribution in [3.05, 3.63) is 53.3 Å². The summed E-state index contributed by atoms with van der Waals surface area (Å²) in [5.41, 5.74) is 3.47. The number of hydrogen-bond acceptors (Lipinski definition) is 8. The normalized spacial score (nSPS) is 23.7. The van der Waals surface area contributed by atoms with Gasteiger partial charge in [-0.25, -0.2) is 4.98 Å². The van der Waals surface area contributed by atoms with E-state index in [0.717, 1.165) is 61.0 Å². The van der Waals surface area contributed by atoms with Crippen molar-refractivity contribution in [2.75, 3.05) is 36.9 Å². The Morgan fingerprint density at radius 2 is 1.87 bits per heavy atom. The van der Waals surface area contributed by atoms with Crippen LogP contribution in [0.3, 0.4) is 0 Å². The van der Waals surface area contributed by atoms with Crippen LogP contribution in [0, 0.1) is 5.92 Å². The van der Waals surface area contributed by atoms with Gasteiger partial charge in [0.2, 0.25) is 17.7 Å². The number of H-pyrrole nitrogens is 1. The molecule has 3 atom stereocenters. The highest BCUT2D eigenvalue weighted by Gasteiger charge is 2.46. The smallest absolute Gasteiger partial charge is 0.264 e. The quantitative estimate of drug-likeness (QED) is 0.321. The van der Waals surface area contributed by atoms with E-state index in [-0.39, 0.29) is 18.7 Å². The van der Waals surface area contributed by atoms with E-state index in [9.17, 15) is 24.0 Å². The molecule has 3 N–H and O–H groups in total. The van der Waals surface area contributed by atoms with Crippen LogP contribution in [-0.2, 0) is 14.4 Å². The predicted molar refractivity (Wildman–Crippen MR) is 171 cm³/mol. The number of carbonyl (C=O) groups excluding carboxylic acids is 5. The molecule has 12 nitrogen and oxygen atoms in total. The van der Waals surface area contributed by atoms with Gasteiger partial charge >= 0.3 is 0 Å². The minimum atomic E-state index is -0.991. The Kier molecular flexibility index (Phi) is 8.06. The van der Waals surface area contributed by atoms with E-state index < -0.39 is 29.7 Å². The second-order valence-corrected chi connectivity index (χ2v) is 13.1. The molecule has 2 aromatic heterocycles. The molecule has 0 bridgehead atoms. The molecule has 0 aliphatic carbocycles. The highest BCUT2D eigenvalue weighted by atomic mass is 16.2. The van der Waals surface area contributed by atoms with Crippen molar-refractivity contribution < 1.29 is 24.0 Å². The Bertz CT molecular complexity index is 1730. The van der Waals surface area contributed by atoms with E-state index in [2.05, 4.69) is 43.5 Å². The van der Waals surface area contributed by atoms with E-state index >= 15 is 0 Å². The van der Waals surface area contributed by atoms with Crippen molar-refractivity contribution in [3.63, 3.8) is 0 Å². The molecule has 3 fully saturated rings. The number of aromatic amines is 1. The second-order valence-electron chi connectivity index (χ2n) is 13.1. The molecule has 0 spiro atoms. The van der Waals surface area contributed by atoms with Crippen LogP contribution in [0.1, 0.15) is 90.2 Å². The van der Waals surface area contributed by atoms with Gasteiger partial charge in [-0.05, 0) is 82.7 Å². The van der Waals surface area contributed by atoms with Gasteiger partial charge in [0.25, 0.3) is 11.8 Å². The topological polar surface area (TPSA) is 148 Å². The molecule has 3 aromatic rings. The van der Waals surface area contributed by atoms with Gasteiger partial charge in [-0.15, -0.1) is 0 Å². The second kappa shape index (κ2) is 12.3. The molecule has 3 saturated heterocycles. The first-order valence-corrected chi connectivity index (χ1v) is 16.3. The van der Waals surface area contributed by atoms with Gasteiger partial charge in [0.1, 0.15) is 11.9 Å². The number of nitrogens with zero attached hydrogens (tertiary/aromatic N) is 4. The SMILES string of the molecule is CN1CCC[C@@H]1c1cc2cnc(NC(=O)CCCC3CCCN(c4cccc5c4C(=O)N(C4CCC(=O)NC4=O)C5=O)C3)cc2[nH]1. The molecule has 0 saturated carbocycles. The van der Waals surface area contributed by atoms with E-state index in [1.807, 2.05) is 12.1 Å². The number of nitrogens with one attached hydrogen (secondary N) is 3. The minimum Gasteiger partial charge on any atom is -0.371 e. The van der Waals surface area contributed by atoms with E-state index in [4.69, 9.17) is 0 Å². The van der Waals surface area contributed by atoms with Crippen LogP contribution in [0.25, 0.3) is 10.9 Å². The summed E-state index contributed by atoms with van der Waals surface area (Å²) < 4.78 is 0. The number of benzene rings is 1. The van der Waals surface area contributed by atoms with E-state index in [1.165, 1.54) is 12.1 Å². The summed E-state index contributed by atoms with van der Waals surface area (Å²) in [7, 11) is 2.15. The Morgan fingerprint density at radius 3 is 2.67 bits per heavy atom. The van der Waals surface area contributed by atoms with Crippen LogP contribution >= 0.6 is 0 Å². The fraction of sp³-hybridized carbons (Fsp3) is 0.471. The number of hydrogen-bond donors (Lipinski definition) is 3. The number of aromatic nitrogens is 2. The summed E-state index contributed by atoms with van der Waals surface area (Å²) in [6, 6.07) is 8.70. The monoisotopic (exact) mass is 625 g/mol. The molecular weight excluding hydrogens is 586 g/mol. The first kappa shape index (κ1) is 30.1. The zero-order valence-electron chi connectivity index (χ0n) is 26.0. The lowest BCUT2D eigenvalue weighted by atomic mass is 9.91. The van der Waals surface area contributed by atoms with Crippen molar-refractivity contribution in [3.8, 4) is 0 Å². The molecule has 12 heteroatoms. The zero-order chi connectivity index (χ0) is 31.9. The van der Waals surface area contributed by atoms with Gasteiger partial charge in [0, 0.05) is 55.3 Å². The fourth-order valence-electron chi connectivity index (χ4n) is 7.64. The van der Waals surface area contributed by atoms with Gasteiger partial charge in [-0.1, -0.05) is 6.07 Å². The molecule has 2 unspecified atom stereocenters. The highest BCUT2D eigenvalue weighted by molar-refractivity contribution is 6.25. The number of likely N-dealkylation sites (tertiary alicyclic amines) is 1. The van der Waals surface area contributed by atoms with Crippen molar-refractivity contribution in [2.45, 2.75) is 69.9 Å². The predicted octanol–water partition coefficient (Wildman–Crippen LogP) is 3.76. The first-order chi connectivity index (χ1) is 22.3. The Labute approximate surface area is 266 Å². The van der Waals surface area contributed by atoms with Crippen molar-refractivity contribution in [2.24, 2.45) is 5.92 Å². The molecule has 46 heavy (non-hydrogen) atoms. The third kappa shape index (κ3) is 5.66. The number of pyridine rings is 1. The summed E-state index contributed by atoms with van der Waals surface area (Å²) in [6.07, 6.45) is 8.25. The van der Waals surface area contributed by atoms with Crippen molar-refractivity contribution >= 4 is 51.9 Å². The average molecular weight is 626 g/mol. The van der Waals surface area contributed by atoms with Crippen LogP contribution in [0.15, 0.2) is 36.5 Å². The Hall–Kier alpha value is -4.58. The van der Waals surface area contributed by atoms with Crippen LogP contribution in [0.5, 0.6) is 0 Å². The maximum absolute atomic E-state index is 13.6. The summed E-state index contributed by atoms with van der Waals surface area (Å²) in [6.45, 7) is 2.55. The van der Waals surface area contributed by atoms with E-state index in [0.29, 0.717) is 47.6 Å². The lowest BCUT2D eigenvalue weighted by Gasteiger charge is -2.35. The standard InChI is InChI=1S/C34H39N7O5/c1-39-14-5-10-25(39)24-16-21-18-35-28(17-23(21)36-24)37-29(42)11-2-6-20-7-4-15-40(19-20)26-9-3-8-22-31(26)34(46)41(33(22)45)27-12-13-30(43)38-32(27)44/h3,8-9,16-18,20,25,27,36H,2,4-7,10-15,19H2,1H3,(H,35,37,42)(H,38,43,44)/t20?,25-,27?/m1/s1. The molecule has 1 aromatic carbocycles. The van der Waals surface area contributed by atoms with E-state index in [1.54, 1.807) is 18.3 Å². The molecule has 4 aliphatic rings. The van der Waals surface area contributed by atoms with Crippen molar-refractivity contribution in [1.82, 2.24) is 25.1 Å².